The molecule has 6 heteroatoms. The fourth-order valence-corrected chi connectivity index (χ4v) is 3.80. The van der Waals surface area contributed by atoms with E-state index in [-0.39, 0.29) is 10.8 Å². The van der Waals surface area contributed by atoms with Crippen molar-refractivity contribution in [1.29, 1.82) is 0 Å². The van der Waals surface area contributed by atoms with Gasteiger partial charge in [0.15, 0.2) is 9.84 Å². The predicted molar refractivity (Wildman–Crippen MR) is 82.7 cm³/mol. The summed E-state index contributed by atoms with van der Waals surface area (Å²) in [6.07, 6.45) is 4.11. The summed E-state index contributed by atoms with van der Waals surface area (Å²) in [4.78, 5) is 14.1. The molecule has 5 nitrogen and oxygen atoms in total. The van der Waals surface area contributed by atoms with Gasteiger partial charge < -0.3 is 10.6 Å². The van der Waals surface area contributed by atoms with Gasteiger partial charge in [-0.2, -0.15) is 0 Å². The first kappa shape index (κ1) is 15.8. The molecule has 1 heterocycles. The third kappa shape index (κ3) is 3.97. The molecule has 2 rings (SSSR count). The average molecular weight is 310 g/mol. The number of aryl methyl sites for hydroxylation is 1. The molecule has 0 radical (unpaired) electrons. The molecule has 0 spiro atoms. The molecular formula is C15H22N2O3S. The van der Waals surface area contributed by atoms with Crippen molar-refractivity contribution in [2.45, 2.75) is 37.5 Å². The molecule has 1 aliphatic heterocycles. The lowest BCUT2D eigenvalue weighted by atomic mass is 10.2. The first-order valence-electron chi connectivity index (χ1n) is 7.27. The Morgan fingerprint density at radius 1 is 1.19 bits per heavy atom. The second-order valence-corrected chi connectivity index (χ2v) is 7.56. The Kier molecular flexibility index (Phi) is 4.88. The first-order chi connectivity index (χ1) is 9.90. The maximum Gasteiger partial charge on any atom is 0.238 e. The Morgan fingerprint density at radius 2 is 1.81 bits per heavy atom. The zero-order chi connectivity index (χ0) is 15.5. The van der Waals surface area contributed by atoms with Crippen LogP contribution in [0.1, 0.15) is 31.2 Å². The summed E-state index contributed by atoms with van der Waals surface area (Å²) >= 11 is 0. The van der Waals surface area contributed by atoms with Crippen molar-refractivity contribution in [1.82, 2.24) is 4.90 Å². The number of hydrogen-bond donors (Lipinski definition) is 1. The maximum atomic E-state index is 12.3. The first-order valence-corrected chi connectivity index (χ1v) is 8.92. The van der Waals surface area contributed by atoms with Crippen LogP contribution in [0.3, 0.4) is 0 Å². The molecule has 1 aliphatic rings. The number of anilines is 1. The Labute approximate surface area is 126 Å². The minimum absolute atomic E-state index is 0.164. The number of nitrogens with zero attached hydrogens (tertiary/aromatic N) is 1. The van der Waals surface area contributed by atoms with E-state index >= 15 is 0 Å². The molecule has 0 aromatic heterocycles. The summed E-state index contributed by atoms with van der Waals surface area (Å²) in [5.41, 5.74) is 6.95. The van der Waals surface area contributed by atoms with Crippen molar-refractivity contribution < 1.29 is 13.2 Å². The summed E-state index contributed by atoms with van der Waals surface area (Å²) < 4.78 is 24.7. The second-order valence-electron chi connectivity index (χ2n) is 5.57. The summed E-state index contributed by atoms with van der Waals surface area (Å²) in [7, 11) is -3.61. The number of nitrogens with two attached hydrogens (primary N) is 1. The van der Waals surface area contributed by atoms with E-state index in [2.05, 4.69) is 0 Å². The summed E-state index contributed by atoms with van der Waals surface area (Å²) in [6, 6.07) is 4.56. The lowest BCUT2D eigenvalue weighted by molar-refractivity contribution is -0.128. The van der Waals surface area contributed by atoms with Crippen LogP contribution < -0.4 is 5.73 Å². The van der Waals surface area contributed by atoms with Gasteiger partial charge in [0.1, 0.15) is 5.75 Å². The summed E-state index contributed by atoms with van der Waals surface area (Å²) in [5, 5.41) is 0. The van der Waals surface area contributed by atoms with Crippen LogP contribution in [0.25, 0.3) is 0 Å². The Balaban J connectivity index is 2.12. The van der Waals surface area contributed by atoms with E-state index in [9.17, 15) is 13.2 Å². The number of rotatable bonds is 3. The van der Waals surface area contributed by atoms with Crippen molar-refractivity contribution in [3.63, 3.8) is 0 Å². The fraction of sp³-hybridized carbons (Fsp3) is 0.533. The lowest BCUT2D eigenvalue weighted by Gasteiger charge is -2.20. The van der Waals surface area contributed by atoms with E-state index < -0.39 is 15.6 Å². The molecule has 2 N–H and O–H groups in total. The van der Waals surface area contributed by atoms with Gasteiger partial charge in [0.05, 0.1) is 4.90 Å². The molecular weight excluding hydrogens is 288 g/mol. The third-order valence-electron chi connectivity index (χ3n) is 3.87. The van der Waals surface area contributed by atoms with Gasteiger partial charge in [0.2, 0.25) is 5.91 Å². The highest BCUT2D eigenvalue weighted by Crippen LogP contribution is 2.19. The lowest BCUT2D eigenvalue weighted by Crippen LogP contribution is -2.36. The number of likely N-dealkylation sites (tertiary alicyclic amines) is 1. The second kappa shape index (κ2) is 6.47. The van der Waals surface area contributed by atoms with Crippen LogP contribution in [0, 0.1) is 6.92 Å². The number of benzene rings is 1. The molecule has 1 aromatic rings. The Hall–Kier alpha value is -1.56. The number of nitrogen functional groups attached to an aromatic ring is 1. The number of carbonyl (C=O) groups excluding carboxylic acids is 1. The average Bonchev–Trinajstić information content (AvgIpc) is 2.70. The van der Waals surface area contributed by atoms with Gasteiger partial charge in [0.25, 0.3) is 0 Å². The van der Waals surface area contributed by atoms with E-state index in [1.807, 2.05) is 0 Å². The minimum Gasteiger partial charge on any atom is -0.399 e. The van der Waals surface area contributed by atoms with E-state index in [1.54, 1.807) is 17.9 Å². The third-order valence-corrected chi connectivity index (χ3v) is 5.47. The molecule has 0 aliphatic carbocycles. The van der Waals surface area contributed by atoms with Crippen LogP contribution in [-0.4, -0.2) is 38.1 Å². The van der Waals surface area contributed by atoms with Gasteiger partial charge in [-0.05, 0) is 43.5 Å². The van der Waals surface area contributed by atoms with E-state index in [1.165, 1.54) is 12.1 Å². The standard InChI is InChI=1S/C15H22N2O3S/c1-12-10-13(6-7-14(12)16)21(19,20)11-15(18)17-8-4-2-3-5-9-17/h6-7,10H,2-5,8-9,11,16H2,1H3. The highest BCUT2D eigenvalue weighted by atomic mass is 32.2. The van der Waals surface area contributed by atoms with Gasteiger partial charge in [-0.1, -0.05) is 12.8 Å². The molecule has 1 fully saturated rings. The smallest absolute Gasteiger partial charge is 0.238 e. The van der Waals surface area contributed by atoms with Crippen molar-refractivity contribution in [3.05, 3.63) is 23.8 Å². The zero-order valence-corrected chi connectivity index (χ0v) is 13.2. The van der Waals surface area contributed by atoms with Crippen molar-refractivity contribution in [2.24, 2.45) is 0 Å². The van der Waals surface area contributed by atoms with Gasteiger partial charge in [-0.25, -0.2) is 8.42 Å². The van der Waals surface area contributed by atoms with E-state index in [4.69, 9.17) is 5.73 Å². The van der Waals surface area contributed by atoms with Crippen molar-refractivity contribution in [3.8, 4) is 0 Å². The van der Waals surface area contributed by atoms with Crippen LogP contribution >= 0.6 is 0 Å². The highest BCUT2D eigenvalue weighted by molar-refractivity contribution is 7.92. The van der Waals surface area contributed by atoms with Crippen LogP contribution in [0.4, 0.5) is 5.69 Å². The number of carbonyl (C=O) groups is 1. The Bertz CT molecular complexity index is 618. The topological polar surface area (TPSA) is 80.5 Å². The number of sulfone groups is 1. The quantitative estimate of drug-likeness (QED) is 0.863. The van der Waals surface area contributed by atoms with Crippen LogP contribution in [-0.2, 0) is 14.6 Å². The molecule has 1 saturated heterocycles. The largest absolute Gasteiger partial charge is 0.399 e. The van der Waals surface area contributed by atoms with Gasteiger partial charge in [-0.3, -0.25) is 4.79 Å². The van der Waals surface area contributed by atoms with Crippen LogP contribution in [0.15, 0.2) is 23.1 Å². The molecule has 0 bridgehead atoms. The van der Waals surface area contributed by atoms with Crippen LogP contribution in [0.5, 0.6) is 0 Å². The molecule has 0 atom stereocenters. The van der Waals surface area contributed by atoms with Crippen LogP contribution in [0.2, 0.25) is 0 Å². The van der Waals surface area contributed by atoms with Crippen molar-refractivity contribution >= 4 is 21.4 Å². The molecule has 0 unspecified atom stereocenters. The predicted octanol–water partition coefficient (Wildman–Crippen LogP) is 1.75. The molecule has 116 valence electrons. The maximum absolute atomic E-state index is 12.3. The summed E-state index contributed by atoms with van der Waals surface area (Å²) in [6.45, 7) is 3.08. The zero-order valence-electron chi connectivity index (χ0n) is 12.3. The molecule has 0 saturated carbocycles. The molecule has 21 heavy (non-hydrogen) atoms. The van der Waals surface area contributed by atoms with E-state index in [0.717, 1.165) is 25.7 Å². The van der Waals surface area contributed by atoms with Crippen molar-refractivity contribution in [2.75, 3.05) is 24.6 Å². The normalized spacial score (nSPS) is 16.5. The fourth-order valence-electron chi connectivity index (χ4n) is 2.50. The van der Waals surface area contributed by atoms with Gasteiger partial charge in [-0.15, -0.1) is 0 Å². The number of hydrogen-bond acceptors (Lipinski definition) is 4. The highest BCUT2D eigenvalue weighted by Gasteiger charge is 2.24. The summed E-state index contributed by atoms with van der Waals surface area (Å²) in [5.74, 6) is -0.762. The minimum atomic E-state index is -3.61. The number of amides is 1. The van der Waals surface area contributed by atoms with E-state index in [0.29, 0.717) is 24.3 Å². The Morgan fingerprint density at radius 3 is 2.38 bits per heavy atom. The monoisotopic (exact) mass is 310 g/mol. The molecule has 1 aromatic carbocycles. The van der Waals surface area contributed by atoms with Gasteiger partial charge in [0, 0.05) is 18.8 Å². The molecule has 1 amide bonds. The van der Waals surface area contributed by atoms with Gasteiger partial charge >= 0.3 is 0 Å². The SMILES string of the molecule is Cc1cc(S(=O)(=O)CC(=O)N2CCCCCC2)ccc1N.